The number of Topliss-reactive ketones (excluding diaryl/α,β-unsaturated/α-hetero) is 1. The third-order valence-corrected chi connectivity index (χ3v) is 5.66. The van der Waals surface area contributed by atoms with Crippen LogP contribution in [0.25, 0.3) is 5.76 Å². The first kappa shape index (κ1) is 20.2. The number of nitrogens with zero attached hydrogens (tertiary/aromatic N) is 1. The van der Waals surface area contributed by atoms with E-state index in [-0.39, 0.29) is 17.9 Å². The summed E-state index contributed by atoms with van der Waals surface area (Å²) in [5.74, 6) is -0.285. The van der Waals surface area contributed by atoms with Gasteiger partial charge in [-0.25, -0.2) is 0 Å². The molecule has 1 N–H and O–H groups in total. The molecule has 1 amide bonds. The maximum absolute atomic E-state index is 13.1. The summed E-state index contributed by atoms with van der Waals surface area (Å²) < 4.78 is 16.5. The summed E-state index contributed by atoms with van der Waals surface area (Å²) in [6.07, 6.45) is 1.50. The van der Waals surface area contributed by atoms with Crippen LogP contribution >= 0.6 is 11.6 Å². The summed E-state index contributed by atoms with van der Waals surface area (Å²) in [7, 11) is 0. The molecule has 3 heterocycles. The molecule has 1 saturated heterocycles. The highest BCUT2D eigenvalue weighted by molar-refractivity contribution is 6.46. The first-order valence-electron chi connectivity index (χ1n) is 9.99. The topological polar surface area (TPSA) is 89.2 Å². The van der Waals surface area contributed by atoms with Crippen LogP contribution in [0.3, 0.4) is 0 Å². The lowest BCUT2D eigenvalue weighted by molar-refractivity contribution is -0.140. The SMILES string of the molecule is O=C1C(=O)N(Cc2ccco2)[C@@H](c2cccc(Cl)c2)/C1=C(/O)c1ccc2c(c1)OCCO2. The summed E-state index contributed by atoms with van der Waals surface area (Å²) in [6.45, 7) is 0.880. The maximum atomic E-state index is 13.1. The van der Waals surface area contributed by atoms with Gasteiger partial charge in [-0.3, -0.25) is 9.59 Å². The molecule has 8 heteroatoms. The largest absolute Gasteiger partial charge is 0.507 e. The lowest BCUT2D eigenvalue weighted by Crippen LogP contribution is -2.29. The molecule has 32 heavy (non-hydrogen) atoms. The highest BCUT2D eigenvalue weighted by Crippen LogP contribution is 2.42. The Bertz CT molecular complexity index is 1230. The van der Waals surface area contributed by atoms with E-state index in [1.165, 1.54) is 11.2 Å². The molecule has 0 unspecified atom stereocenters. The predicted molar refractivity (Wildman–Crippen MR) is 115 cm³/mol. The number of aliphatic hydroxyl groups is 1. The number of likely N-dealkylation sites (tertiary alicyclic amines) is 1. The lowest BCUT2D eigenvalue weighted by atomic mass is 9.95. The highest BCUT2D eigenvalue weighted by atomic mass is 35.5. The molecule has 1 aromatic heterocycles. The van der Waals surface area contributed by atoms with E-state index in [1.807, 2.05) is 0 Å². The van der Waals surface area contributed by atoms with Crippen molar-refractivity contribution < 1.29 is 28.6 Å². The number of hydrogen-bond acceptors (Lipinski definition) is 6. The van der Waals surface area contributed by atoms with Crippen LogP contribution in [0.15, 0.2) is 70.9 Å². The number of carbonyl (C=O) groups excluding carboxylic acids is 2. The predicted octanol–water partition coefficient (Wildman–Crippen LogP) is 4.33. The molecule has 162 valence electrons. The molecule has 3 aromatic rings. The molecule has 7 nitrogen and oxygen atoms in total. The van der Waals surface area contributed by atoms with Gasteiger partial charge in [-0.15, -0.1) is 0 Å². The number of ketones is 1. The molecule has 0 aliphatic carbocycles. The molecular weight excluding hydrogens is 434 g/mol. The fraction of sp³-hybridized carbons (Fsp3) is 0.167. The summed E-state index contributed by atoms with van der Waals surface area (Å²) in [6, 6.07) is 14.3. The van der Waals surface area contributed by atoms with Gasteiger partial charge in [0.2, 0.25) is 0 Å². The van der Waals surface area contributed by atoms with Crippen molar-refractivity contribution in [2.45, 2.75) is 12.6 Å². The van der Waals surface area contributed by atoms with E-state index in [4.69, 9.17) is 25.5 Å². The van der Waals surface area contributed by atoms with Gasteiger partial charge in [0.15, 0.2) is 11.5 Å². The van der Waals surface area contributed by atoms with Crippen LogP contribution in [0.5, 0.6) is 11.5 Å². The molecule has 0 saturated carbocycles. The van der Waals surface area contributed by atoms with Crippen molar-refractivity contribution in [3.8, 4) is 11.5 Å². The Morgan fingerprint density at radius 3 is 2.59 bits per heavy atom. The average Bonchev–Trinajstić information content (AvgIpc) is 3.41. The highest BCUT2D eigenvalue weighted by Gasteiger charge is 2.46. The van der Waals surface area contributed by atoms with Crippen molar-refractivity contribution in [2.24, 2.45) is 0 Å². The van der Waals surface area contributed by atoms with E-state index in [0.717, 1.165) is 0 Å². The molecule has 0 spiro atoms. The Morgan fingerprint density at radius 2 is 1.84 bits per heavy atom. The van der Waals surface area contributed by atoms with Crippen LogP contribution in [0.1, 0.15) is 22.9 Å². The van der Waals surface area contributed by atoms with E-state index in [0.29, 0.717) is 46.6 Å². The molecule has 2 aliphatic rings. The third kappa shape index (κ3) is 3.50. The number of fused-ring (bicyclic) bond motifs is 1. The minimum Gasteiger partial charge on any atom is -0.507 e. The van der Waals surface area contributed by atoms with Crippen LogP contribution in [-0.2, 0) is 16.1 Å². The second-order valence-corrected chi connectivity index (χ2v) is 7.86. The Morgan fingerprint density at radius 1 is 1.03 bits per heavy atom. The molecular formula is C24H18ClNO6. The number of carbonyl (C=O) groups is 2. The van der Waals surface area contributed by atoms with E-state index in [2.05, 4.69) is 0 Å². The number of hydrogen-bond donors (Lipinski definition) is 1. The first-order valence-corrected chi connectivity index (χ1v) is 10.4. The molecule has 2 aromatic carbocycles. The number of furan rings is 1. The Hall–Kier alpha value is -3.71. The summed E-state index contributed by atoms with van der Waals surface area (Å²) in [4.78, 5) is 27.5. The smallest absolute Gasteiger partial charge is 0.296 e. The van der Waals surface area contributed by atoms with Crippen LogP contribution in [0, 0.1) is 0 Å². The zero-order valence-corrected chi connectivity index (χ0v) is 17.5. The monoisotopic (exact) mass is 451 g/mol. The molecule has 1 atom stereocenters. The number of aliphatic hydroxyl groups excluding tert-OH is 1. The van der Waals surface area contributed by atoms with Gasteiger partial charge in [0.25, 0.3) is 11.7 Å². The maximum Gasteiger partial charge on any atom is 0.296 e. The van der Waals surface area contributed by atoms with E-state index in [9.17, 15) is 14.7 Å². The van der Waals surface area contributed by atoms with Crippen molar-refractivity contribution >= 4 is 29.1 Å². The van der Waals surface area contributed by atoms with Gasteiger partial charge in [-0.1, -0.05) is 23.7 Å². The number of halogens is 1. The van der Waals surface area contributed by atoms with Crippen molar-refractivity contribution in [2.75, 3.05) is 13.2 Å². The number of ether oxygens (including phenoxy) is 2. The van der Waals surface area contributed by atoms with E-state index >= 15 is 0 Å². The van der Waals surface area contributed by atoms with Gasteiger partial charge in [0.1, 0.15) is 24.7 Å². The third-order valence-electron chi connectivity index (χ3n) is 5.43. The summed E-state index contributed by atoms with van der Waals surface area (Å²) in [5, 5.41) is 11.6. The van der Waals surface area contributed by atoms with Gasteiger partial charge >= 0.3 is 0 Å². The van der Waals surface area contributed by atoms with E-state index < -0.39 is 17.7 Å². The van der Waals surface area contributed by atoms with Crippen molar-refractivity contribution in [3.63, 3.8) is 0 Å². The Kier molecular flexibility index (Phi) is 5.11. The number of rotatable bonds is 4. The zero-order valence-electron chi connectivity index (χ0n) is 16.8. The normalized spacial score (nSPS) is 19.4. The first-order chi connectivity index (χ1) is 15.5. The standard InChI is InChI=1S/C24H18ClNO6/c25-16-4-1-3-14(11-16)21-20(23(28)24(29)26(21)13-17-5-2-8-30-17)22(27)15-6-7-18-19(12-15)32-10-9-31-18/h1-8,11-12,21,27H,9-10,13H2/b22-20-/t21-/m0/s1. The van der Waals surface area contributed by atoms with Crippen LogP contribution in [0.2, 0.25) is 5.02 Å². The van der Waals surface area contributed by atoms with Gasteiger partial charge < -0.3 is 23.9 Å². The van der Waals surface area contributed by atoms with Crippen molar-refractivity contribution in [1.29, 1.82) is 0 Å². The molecule has 5 rings (SSSR count). The summed E-state index contributed by atoms with van der Waals surface area (Å²) in [5.41, 5.74) is 0.917. The van der Waals surface area contributed by atoms with E-state index in [1.54, 1.807) is 54.6 Å². The summed E-state index contributed by atoms with van der Waals surface area (Å²) >= 11 is 6.19. The van der Waals surface area contributed by atoms with Crippen molar-refractivity contribution in [1.82, 2.24) is 4.90 Å². The fourth-order valence-electron chi connectivity index (χ4n) is 3.98. The zero-order chi connectivity index (χ0) is 22.2. The van der Waals surface area contributed by atoms with Crippen LogP contribution in [-0.4, -0.2) is 34.9 Å². The van der Waals surface area contributed by atoms with Gasteiger partial charge in [0, 0.05) is 10.6 Å². The van der Waals surface area contributed by atoms with Crippen LogP contribution < -0.4 is 9.47 Å². The number of amides is 1. The second-order valence-electron chi connectivity index (χ2n) is 7.42. The quantitative estimate of drug-likeness (QED) is 0.361. The lowest BCUT2D eigenvalue weighted by Gasteiger charge is -2.25. The van der Waals surface area contributed by atoms with Gasteiger partial charge in [0.05, 0.1) is 24.4 Å². The fourth-order valence-corrected chi connectivity index (χ4v) is 4.18. The Balaban J connectivity index is 1.64. The molecule has 1 fully saturated rings. The Labute approximate surface area is 188 Å². The molecule has 2 aliphatic heterocycles. The van der Waals surface area contributed by atoms with Crippen LogP contribution in [0.4, 0.5) is 0 Å². The second kappa shape index (κ2) is 8.09. The van der Waals surface area contributed by atoms with Crippen molar-refractivity contribution in [3.05, 3.63) is 88.3 Å². The minimum atomic E-state index is -0.841. The average molecular weight is 452 g/mol. The molecule has 0 radical (unpaired) electrons. The van der Waals surface area contributed by atoms with Gasteiger partial charge in [-0.2, -0.15) is 0 Å². The minimum absolute atomic E-state index is 0.0273. The molecule has 0 bridgehead atoms. The number of benzene rings is 2. The van der Waals surface area contributed by atoms with Gasteiger partial charge in [-0.05, 0) is 48.0 Å².